The molecule has 1 saturated heterocycles. The fourth-order valence-electron chi connectivity index (χ4n) is 3.29. The lowest BCUT2D eigenvalue weighted by Gasteiger charge is -2.34. The van der Waals surface area contributed by atoms with Crippen molar-refractivity contribution < 1.29 is 27.8 Å². The van der Waals surface area contributed by atoms with Gasteiger partial charge in [0, 0.05) is 23.7 Å². The number of aromatic nitrogens is 1. The molecule has 2 heterocycles. The molecule has 0 aliphatic carbocycles. The Hall–Kier alpha value is -2.84. The molecule has 28 heavy (non-hydrogen) atoms. The molecule has 0 saturated carbocycles. The monoisotopic (exact) mass is 390 g/mol. The first-order chi connectivity index (χ1) is 13.4. The number of hydrogen-bond acceptors (Lipinski definition) is 3. The van der Waals surface area contributed by atoms with Gasteiger partial charge >= 0.3 is 0 Å². The van der Waals surface area contributed by atoms with Crippen molar-refractivity contribution in [2.24, 2.45) is 0 Å². The van der Waals surface area contributed by atoms with Gasteiger partial charge in [-0.25, -0.2) is 13.2 Å². The predicted octanol–water partition coefficient (Wildman–Crippen LogP) is 2.67. The maximum absolute atomic E-state index is 14.2. The molecule has 0 atom stereocenters. The summed E-state index contributed by atoms with van der Waals surface area (Å²) in [4.78, 5) is 15.0. The quantitative estimate of drug-likeness (QED) is 0.627. The molecule has 0 radical (unpaired) electrons. The molecule has 2 aromatic carbocycles. The van der Waals surface area contributed by atoms with Gasteiger partial charge in [-0.1, -0.05) is 0 Å². The smallest absolute Gasteiger partial charge is 0.256 e. The van der Waals surface area contributed by atoms with Gasteiger partial charge in [-0.3, -0.25) is 4.79 Å². The predicted molar refractivity (Wildman–Crippen MR) is 96.1 cm³/mol. The number of H-pyrrole nitrogens is 1. The standard InChI is InChI=1S/C20H17F3N2O3/c21-12-3-1-11(2-4-12)17-14(5-6-24-19(26)20(27)9-28-10-20)15-7-13(22)8-16(23)18(15)25-17/h1-4,7-8,25,27H,5-6,9-10H2,(H,24,26). The number of carbonyl (C=O) groups is 1. The van der Waals surface area contributed by atoms with Gasteiger partial charge in [-0.05, 0) is 47.9 Å². The largest absolute Gasteiger partial charge is 0.376 e. The minimum Gasteiger partial charge on any atom is -0.376 e. The van der Waals surface area contributed by atoms with Crippen LogP contribution in [0.5, 0.6) is 0 Å². The number of aliphatic hydroxyl groups is 1. The van der Waals surface area contributed by atoms with E-state index in [1.165, 1.54) is 30.3 Å². The zero-order valence-corrected chi connectivity index (χ0v) is 14.7. The summed E-state index contributed by atoms with van der Waals surface area (Å²) in [5, 5.41) is 12.9. The normalized spacial score (nSPS) is 15.4. The van der Waals surface area contributed by atoms with Gasteiger partial charge in [0.1, 0.15) is 17.5 Å². The van der Waals surface area contributed by atoms with E-state index in [0.717, 1.165) is 6.07 Å². The highest BCUT2D eigenvalue weighted by Gasteiger charge is 2.43. The summed E-state index contributed by atoms with van der Waals surface area (Å²) in [6.07, 6.45) is 0.248. The number of fused-ring (bicyclic) bond motifs is 1. The Balaban J connectivity index is 1.67. The topological polar surface area (TPSA) is 74.4 Å². The Morgan fingerprint density at radius 3 is 2.50 bits per heavy atom. The van der Waals surface area contributed by atoms with E-state index in [1.807, 2.05) is 0 Å². The van der Waals surface area contributed by atoms with E-state index in [1.54, 1.807) is 0 Å². The van der Waals surface area contributed by atoms with Crippen molar-refractivity contribution in [3.63, 3.8) is 0 Å². The third-order valence-electron chi connectivity index (χ3n) is 4.83. The summed E-state index contributed by atoms with van der Waals surface area (Å²) in [5.41, 5.74) is 0.299. The van der Waals surface area contributed by atoms with Crippen molar-refractivity contribution in [3.8, 4) is 11.3 Å². The van der Waals surface area contributed by atoms with Gasteiger partial charge in [0.15, 0.2) is 5.60 Å². The average Bonchev–Trinajstić information content (AvgIpc) is 2.99. The molecule has 146 valence electrons. The van der Waals surface area contributed by atoms with E-state index in [4.69, 9.17) is 4.74 Å². The van der Waals surface area contributed by atoms with Crippen LogP contribution in [0, 0.1) is 17.5 Å². The number of rotatable bonds is 5. The molecular weight excluding hydrogens is 373 g/mol. The number of ether oxygens (including phenoxy) is 1. The molecule has 0 spiro atoms. The zero-order chi connectivity index (χ0) is 19.9. The molecule has 0 unspecified atom stereocenters. The van der Waals surface area contributed by atoms with Crippen molar-refractivity contribution >= 4 is 16.8 Å². The van der Waals surface area contributed by atoms with Crippen LogP contribution < -0.4 is 5.32 Å². The number of aromatic amines is 1. The van der Waals surface area contributed by atoms with Crippen LogP contribution in [0.3, 0.4) is 0 Å². The molecule has 1 fully saturated rings. The second-order valence-corrected chi connectivity index (χ2v) is 6.83. The molecular formula is C20H17F3N2O3. The van der Waals surface area contributed by atoms with E-state index in [9.17, 15) is 23.1 Å². The lowest BCUT2D eigenvalue weighted by molar-refractivity contribution is -0.190. The fourth-order valence-corrected chi connectivity index (χ4v) is 3.29. The molecule has 3 aromatic rings. The van der Waals surface area contributed by atoms with Crippen LogP contribution >= 0.6 is 0 Å². The number of halogens is 3. The number of carbonyl (C=O) groups excluding carboxylic acids is 1. The Labute approximate surface area is 158 Å². The summed E-state index contributed by atoms with van der Waals surface area (Å²) in [6.45, 7) is 0.00671. The number of amides is 1. The second kappa shape index (κ2) is 6.96. The Kier molecular flexibility index (Phi) is 4.60. The van der Waals surface area contributed by atoms with Crippen molar-refractivity contribution in [1.82, 2.24) is 10.3 Å². The first-order valence-electron chi connectivity index (χ1n) is 8.71. The lowest BCUT2D eigenvalue weighted by Crippen LogP contribution is -2.60. The van der Waals surface area contributed by atoms with Crippen molar-refractivity contribution in [2.75, 3.05) is 19.8 Å². The summed E-state index contributed by atoms with van der Waals surface area (Å²) in [6, 6.07) is 7.61. The van der Waals surface area contributed by atoms with Crippen molar-refractivity contribution in [2.45, 2.75) is 12.0 Å². The molecule has 1 amide bonds. The van der Waals surface area contributed by atoms with Crippen LogP contribution in [0.2, 0.25) is 0 Å². The Bertz CT molecular complexity index is 1040. The van der Waals surface area contributed by atoms with Crippen LogP contribution in [0.1, 0.15) is 5.56 Å². The number of benzene rings is 2. The zero-order valence-electron chi connectivity index (χ0n) is 14.7. The highest BCUT2D eigenvalue weighted by Crippen LogP contribution is 2.32. The average molecular weight is 390 g/mol. The van der Waals surface area contributed by atoms with Crippen LogP contribution in [-0.4, -0.2) is 41.4 Å². The molecule has 4 rings (SSSR count). The van der Waals surface area contributed by atoms with E-state index in [0.29, 0.717) is 22.2 Å². The van der Waals surface area contributed by atoms with Crippen molar-refractivity contribution in [1.29, 1.82) is 0 Å². The summed E-state index contributed by atoms with van der Waals surface area (Å²) in [7, 11) is 0. The van der Waals surface area contributed by atoms with Crippen molar-refractivity contribution in [3.05, 3.63) is 59.4 Å². The third-order valence-corrected chi connectivity index (χ3v) is 4.83. The molecule has 1 aromatic heterocycles. The first kappa shape index (κ1) is 18.5. The van der Waals surface area contributed by atoms with E-state index in [2.05, 4.69) is 10.3 Å². The Morgan fingerprint density at radius 2 is 1.86 bits per heavy atom. The van der Waals surface area contributed by atoms with E-state index in [-0.39, 0.29) is 31.7 Å². The maximum atomic E-state index is 14.2. The van der Waals surface area contributed by atoms with Gasteiger partial charge in [0.25, 0.3) is 5.91 Å². The third kappa shape index (κ3) is 3.25. The number of hydrogen-bond donors (Lipinski definition) is 3. The summed E-state index contributed by atoms with van der Waals surface area (Å²) >= 11 is 0. The molecule has 5 nitrogen and oxygen atoms in total. The van der Waals surface area contributed by atoms with Gasteiger partial charge in [0.05, 0.1) is 18.7 Å². The van der Waals surface area contributed by atoms with Crippen LogP contribution in [0.15, 0.2) is 36.4 Å². The SMILES string of the molecule is O=C(NCCc1c(-c2ccc(F)cc2)[nH]c2c(F)cc(F)cc12)C1(O)COC1. The minimum absolute atomic E-state index is 0.0663. The van der Waals surface area contributed by atoms with Gasteiger partial charge in [-0.15, -0.1) is 0 Å². The number of nitrogens with one attached hydrogen (secondary N) is 2. The van der Waals surface area contributed by atoms with Crippen LogP contribution in [0.4, 0.5) is 13.2 Å². The Morgan fingerprint density at radius 1 is 1.14 bits per heavy atom. The van der Waals surface area contributed by atoms with E-state index < -0.39 is 29.0 Å². The molecule has 0 bridgehead atoms. The molecule has 1 aliphatic heterocycles. The lowest BCUT2D eigenvalue weighted by atomic mass is 10.0. The first-order valence-corrected chi connectivity index (χ1v) is 8.71. The minimum atomic E-state index is -1.53. The molecule has 1 aliphatic rings. The van der Waals surface area contributed by atoms with Gasteiger partial charge < -0.3 is 20.1 Å². The van der Waals surface area contributed by atoms with Crippen LogP contribution in [-0.2, 0) is 16.0 Å². The van der Waals surface area contributed by atoms with Gasteiger partial charge in [-0.2, -0.15) is 0 Å². The molecule has 3 N–H and O–H groups in total. The molecule has 8 heteroatoms. The fraction of sp³-hybridized carbons (Fsp3) is 0.250. The highest BCUT2D eigenvalue weighted by atomic mass is 19.1. The highest BCUT2D eigenvalue weighted by molar-refractivity contribution is 5.91. The van der Waals surface area contributed by atoms with Gasteiger partial charge in [0.2, 0.25) is 0 Å². The second-order valence-electron chi connectivity index (χ2n) is 6.83. The van der Waals surface area contributed by atoms with Crippen LogP contribution in [0.25, 0.3) is 22.2 Å². The maximum Gasteiger partial charge on any atom is 0.256 e. The summed E-state index contributed by atoms with van der Waals surface area (Å²) in [5.74, 6) is -2.43. The summed E-state index contributed by atoms with van der Waals surface area (Å²) < 4.78 is 46.1. The van der Waals surface area contributed by atoms with E-state index >= 15 is 0 Å².